The van der Waals surface area contributed by atoms with Crippen LogP contribution in [-0.2, 0) is 10.5 Å². The van der Waals surface area contributed by atoms with Crippen LogP contribution < -0.4 is 10.1 Å². The van der Waals surface area contributed by atoms with Crippen LogP contribution in [-0.4, -0.2) is 24.3 Å². The monoisotopic (exact) mass is 415 g/mol. The molecule has 2 rings (SSSR count). The summed E-state index contributed by atoms with van der Waals surface area (Å²) in [6.07, 6.45) is -0.0458. The van der Waals surface area contributed by atoms with E-state index < -0.39 is 6.10 Å². The highest BCUT2D eigenvalue weighted by Gasteiger charge is 2.18. The summed E-state index contributed by atoms with van der Waals surface area (Å²) in [7, 11) is 0. The first-order valence-corrected chi connectivity index (χ1v) is 10.1. The van der Waals surface area contributed by atoms with Gasteiger partial charge in [-0.3, -0.25) is 4.79 Å². The number of halogens is 3. The van der Waals surface area contributed by atoms with Gasteiger partial charge in [0.15, 0.2) is 6.10 Å². The molecule has 7 heteroatoms. The lowest BCUT2D eigenvalue weighted by Gasteiger charge is -2.17. The van der Waals surface area contributed by atoms with Crippen molar-refractivity contribution in [3.05, 3.63) is 63.9 Å². The lowest BCUT2D eigenvalue weighted by atomic mass is 10.2. The molecule has 0 unspecified atom stereocenters. The van der Waals surface area contributed by atoms with Crippen LogP contribution >= 0.6 is 35.0 Å². The third-order valence-electron chi connectivity index (χ3n) is 3.59. The van der Waals surface area contributed by atoms with Crippen molar-refractivity contribution in [1.82, 2.24) is 5.32 Å². The first-order valence-electron chi connectivity index (χ1n) is 8.21. The molecule has 0 bridgehead atoms. The molecule has 1 atom stereocenters. The molecule has 0 aliphatic rings. The molecule has 0 aliphatic carbocycles. The summed E-state index contributed by atoms with van der Waals surface area (Å²) in [4.78, 5) is 12.2. The minimum atomic E-state index is -0.584. The van der Waals surface area contributed by atoms with E-state index in [1.165, 1.54) is 17.8 Å². The summed E-state index contributed by atoms with van der Waals surface area (Å²) < 4.78 is 19.4. The van der Waals surface area contributed by atoms with E-state index in [1.807, 2.05) is 6.92 Å². The van der Waals surface area contributed by atoms with Gasteiger partial charge in [-0.2, -0.15) is 11.8 Å². The van der Waals surface area contributed by atoms with E-state index in [1.54, 1.807) is 36.4 Å². The number of carbonyl (C=O) groups excluding carboxylic acids is 1. The summed E-state index contributed by atoms with van der Waals surface area (Å²) in [5, 5.41) is 3.81. The van der Waals surface area contributed by atoms with E-state index in [2.05, 4.69) is 5.32 Å². The van der Waals surface area contributed by atoms with Crippen LogP contribution in [0.3, 0.4) is 0 Å². The number of hydrogen-bond donors (Lipinski definition) is 1. The lowest BCUT2D eigenvalue weighted by molar-refractivity contribution is -0.127. The van der Waals surface area contributed by atoms with E-state index in [0.29, 0.717) is 45.8 Å². The van der Waals surface area contributed by atoms with E-state index >= 15 is 0 Å². The highest BCUT2D eigenvalue weighted by atomic mass is 35.5. The molecule has 0 aromatic heterocycles. The summed E-state index contributed by atoms with van der Waals surface area (Å²) in [5.74, 6) is 1.16. The molecule has 0 aliphatic heterocycles. The van der Waals surface area contributed by atoms with Crippen LogP contribution in [0.5, 0.6) is 5.75 Å². The van der Waals surface area contributed by atoms with Gasteiger partial charge in [0.1, 0.15) is 11.6 Å². The number of nitrogens with one attached hydrogen (secondary N) is 1. The number of hydrogen-bond acceptors (Lipinski definition) is 3. The molecular formula is C19H20Cl2FNO2S. The van der Waals surface area contributed by atoms with Crippen LogP contribution in [0.15, 0.2) is 42.5 Å². The maximum absolute atomic E-state index is 13.7. The SMILES string of the molecule is CC[C@@H](Oc1cccc(Cl)c1)C(=O)NCCSCc1c(F)cccc1Cl. The zero-order valence-electron chi connectivity index (χ0n) is 14.3. The van der Waals surface area contributed by atoms with Gasteiger partial charge in [0.05, 0.1) is 0 Å². The van der Waals surface area contributed by atoms with Crippen LogP contribution in [0.2, 0.25) is 10.0 Å². The average molecular weight is 416 g/mol. The topological polar surface area (TPSA) is 38.3 Å². The van der Waals surface area contributed by atoms with Crippen LogP contribution in [0.1, 0.15) is 18.9 Å². The summed E-state index contributed by atoms with van der Waals surface area (Å²) >= 11 is 13.4. The molecule has 2 aromatic rings. The third-order valence-corrected chi connectivity index (χ3v) is 5.17. The number of amides is 1. The van der Waals surface area contributed by atoms with E-state index in [-0.39, 0.29) is 11.7 Å². The lowest BCUT2D eigenvalue weighted by Crippen LogP contribution is -2.39. The fourth-order valence-corrected chi connectivity index (χ4v) is 3.61. The fourth-order valence-electron chi connectivity index (χ4n) is 2.23. The maximum atomic E-state index is 13.7. The second-order valence-corrected chi connectivity index (χ2v) is 7.46. The van der Waals surface area contributed by atoms with Gasteiger partial charge in [-0.05, 0) is 36.8 Å². The summed E-state index contributed by atoms with van der Waals surface area (Å²) in [6.45, 7) is 2.34. The minimum absolute atomic E-state index is 0.183. The fraction of sp³-hybridized carbons (Fsp3) is 0.316. The van der Waals surface area contributed by atoms with Crippen molar-refractivity contribution < 1.29 is 13.9 Å². The predicted octanol–water partition coefficient (Wildman–Crippen LogP) is 5.34. The van der Waals surface area contributed by atoms with Gasteiger partial charge in [-0.15, -0.1) is 0 Å². The van der Waals surface area contributed by atoms with Crippen molar-refractivity contribution in [1.29, 1.82) is 0 Å². The molecule has 0 saturated carbocycles. The molecule has 0 fully saturated rings. The smallest absolute Gasteiger partial charge is 0.261 e. The number of ether oxygens (including phenoxy) is 1. The Morgan fingerprint density at radius 2 is 2.04 bits per heavy atom. The third kappa shape index (κ3) is 6.38. The quantitative estimate of drug-likeness (QED) is 0.561. The van der Waals surface area contributed by atoms with Crippen LogP contribution in [0, 0.1) is 5.82 Å². The van der Waals surface area contributed by atoms with E-state index in [0.717, 1.165) is 0 Å². The predicted molar refractivity (Wildman–Crippen MR) is 107 cm³/mol. The second kappa shape index (κ2) is 10.7. The zero-order chi connectivity index (χ0) is 18.9. The Kier molecular flexibility index (Phi) is 8.55. The molecule has 2 aromatic carbocycles. The van der Waals surface area contributed by atoms with Crippen molar-refractivity contribution in [2.45, 2.75) is 25.2 Å². The summed E-state index contributed by atoms with van der Waals surface area (Å²) in [6, 6.07) is 11.6. The Balaban J connectivity index is 1.75. The van der Waals surface area contributed by atoms with Crippen molar-refractivity contribution in [3.8, 4) is 5.75 Å². The summed E-state index contributed by atoms with van der Waals surface area (Å²) in [5.41, 5.74) is 0.487. The van der Waals surface area contributed by atoms with Crippen molar-refractivity contribution in [3.63, 3.8) is 0 Å². The normalized spacial score (nSPS) is 11.8. The molecule has 26 heavy (non-hydrogen) atoms. The maximum Gasteiger partial charge on any atom is 0.261 e. The molecule has 0 spiro atoms. The minimum Gasteiger partial charge on any atom is -0.481 e. The van der Waals surface area contributed by atoms with Crippen molar-refractivity contribution in [2.75, 3.05) is 12.3 Å². The molecule has 0 radical (unpaired) electrons. The number of thioether (sulfide) groups is 1. The standard InChI is InChI=1S/C19H20Cl2FNO2S/c1-2-18(25-14-6-3-5-13(20)11-14)19(24)23-9-10-26-12-15-16(21)7-4-8-17(15)22/h3-8,11,18H,2,9-10,12H2,1H3,(H,23,24)/t18-/m1/s1. The van der Waals surface area contributed by atoms with Crippen molar-refractivity contribution >= 4 is 40.9 Å². The largest absolute Gasteiger partial charge is 0.481 e. The number of rotatable bonds is 9. The Hall–Kier alpha value is -1.43. The van der Waals surface area contributed by atoms with Crippen molar-refractivity contribution in [2.24, 2.45) is 0 Å². The molecule has 1 amide bonds. The van der Waals surface area contributed by atoms with Gasteiger partial charge in [0.25, 0.3) is 5.91 Å². The Morgan fingerprint density at radius 3 is 2.73 bits per heavy atom. The zero-order valence-corrected chi connectivity index (χ0v) is 16.6. The second-order valence-electron chi connectivity index (χ2n) is 5.52. The Labute approximate surface area is 167 Å². The highest BCUT2D eigenvalue weighted by molar-refractivity contribution is 7.98. The van der Waals surface area contributed by atoms with Crippen LogP contribution in [0.25, 0.3) is 0 Å². The van der Waals surface area contributed by atoms with E-state index in [9.17, 15) is 9.18 Å². The van der Waals surface area contributed by atoms with E-state index in [4.69, 9.17) is 27.9 Å². The van der Waals surface area contributed by atoms with Gasteiger partial charge in [0, 0.05) is 33.7 Å². The highest BCUT2D eigenvalue weighted by Crippen LogP contribution is 2.23. The Bertz CT molecular complexity index is 725. The molecule has 3 nitrogen and oxygen atoms in total. The van der Waals surface area contributed by atoms with Crippen LogP contribution in [0.4, 0.5) is 4.39 Å². The van der Waals surface area contributed by atoms with Gasteiger partial charge in [-0.25, -0.2) is 4.39 Å². The van der Waals surface area contributed by atoms with Gasteiger partial charge >= 0.3 is 0 Å². The molecule has 0 heterocycles. The molecule has 1 N–H and O–H groups in total. The average Bonchev–Trinajstić information content (AvgIpc) is 2.61. The van der Waals surface area contributed by atoms with Gasteiger partial charge in [0.2, 0.25) is 0 Å². The van der Waals surface area contributed by atoms with Gasteiger partial charge in [-0.1, -0.05) is 42.3 Å². The Morgan fingerprint density at radius 1 is 1.27 bits per heavy atom. The number of benzene rings is 2. The molecule has 0 saturated heterocycles. The first kappa shape index (κ1) is 20.9. The van der Waals surface area contributed by atoms with Gasteiger partial charge < -0.3 is 10.1 Å². The first-order chi connectivity index (χ1) is 12.5. The number of carbonyl (C=O) groups is 1. The molecular weight excluding hydrogens is 396 g/mol. The molecule has 140 valence electrons.